The molecule has 2 aromatic carbocycles. The third kappa shape index (κ3) is 1.39. The summed E-state index contributed by atoms with van der Waals surface area (Å²) in [5.74, 6) is 0. The predicted molar refractivity (Wildman–Crippen MR) is 75.9 cm³/mol. The number of thiophene rings is 1. The zero-order valence-electron chi connectivity index (χ0n) is 9.51. The molecule has 1 radical (unpaired) electrons. The number of benzene rings is 2. The van der Waals surface area contributed by atoms with Gasteiger partial charge in [-0.05, 0) is 23.6 Å². The Kier molecular flexibility index (Phi) is 2.05. The summed E-state index contributed by atoms with van der Waals surface area (Å²) in [6.07, 6.45) is 1.74. The molecule has 0 atom stereocenters. The van der Waals surface area contributed by atoms with Gasteiger partial charge in [0.05, 0.1) is 6.26 Å². The standard InChI is InChI=1S/C16H9OS/c1-2-7-14-12(4-1)10-15(18-14)13-6-3-5-11-8-9-17-16(11)13/h1-6,8-10H. The van der Waals surface area contributed by atoms with Gasteiger partial charge in [0.1, 0.15) is 5.58 Å². The Bertz CT molecular complexity index is 805. The Balaban J connectivity index is 2.04. The molecule has 1 nitrogen and oxygen atoms in total. The summed E-state index contributed by atoms with van der Waals surface area (Å²) in [4.78, 5) is 1.23. The maximum absolute atomic E-state index is 5.60. The van der Waals surface area contributed by atoms with Crippen molar-refractivity contribution in [3.05, 3.63) is 60.9 Å². The summed E-state index contributed by atoms with van der Waals surface area (Å²) >= 11 is 1.75. The second-order valence-electron chi connectivity index (χ2n) is 4.21. The van der Waals surface area contributed by atoms with E-state index in [9.17, 15) is 0 Å². The normalized spacial score (nSPS) is 11.3. The number of rotatable bonds is 1. The maximum Gasteiger partial charge on any atom is 0.142 e. The van der Waals surface area contributed by atoms with Crippen molar-refractivity contribution < 1.29 is 4.42 Å². The molecule has 0 N–H and O–H groups in total. The number of para-hydroxylation sites is 1. The van der Waals surface area contributed by atoms with Gasteiger partial charge < -0.3 is 4.42 Å². The second-order valence-corrected chi connectivity index (χ2v) is 5.26. The molecule has 0 saturated carbocycles. The first-order valence-corrected chi connectivity index (χ1v) is 6.60. The third-order valence-electron chi connectivity index (χ3n) is 3.09. The van der Waals surface area contributed by atoms with Crippen LogP contribution >= 0.6 is 11.3 Å². The molecule has 0 fully saturated rings. The summed E-state index contributed by atoms with van der Waals surface area (Å²) in [7, 11) is 0. The topological polar surface area (TPSA) is 13.1 Å². The molecule has 18 heavy (non-hydrogen) atoms. The van der Waals surface area contributed by atoms with Gasteiger partial charge in [-0.25, -0.2) is 0 Å². The zero-order valence-corrected chi connectivity index (χ0v) is 10.3. The van der Waals surface area contributed by atoms with E-state index in [-0.39, 0.29) is 0 Å². The molecule has 0 aliphatic rings. The van der Waals surface area contributed by atoms with E-state index in [2.05, 4.69) is 36.4 Å². The minimum atomic E-state index is 0.962. The first-order valence-electron chi connectivity index (χ1n) is 5.79. The Hall–Kier alpha value is -2.06. The Morgan fingerprint density at radius 3 is 2.89 bits per heavy atom. The van der Waals surface area contributed by atoms with Crippen LogP contribution in [0.5, 0.6) is 0 Å². The molecule has 0 amide bonds. The number of hydrogen-bond donors (Lipinski definition) is 0. The summed E-state index contributed by atoms with van der Waals surface area (Å²) < 4.78 is 6.79. The Morgan fingerprint density at radius 1 is 1.00 bits per heavy atom. The fourth-order valence-electron chi connectivity index (χ4n) is 2.24. The molecule has 2 heteroatoms. The lowest BCUT2D eigenvalue weighted by Crippen LogP contribution is -1.72. The molecule has 0 saturated heterocycles. The van der Waals surface area contributed by atoms with E-state index in [0.29, 0.717) is 0 Å². The SMILES string of the molecule is [c]1cccc2cc(-c3cccc4ccoc34)sc12. The van der Waals surface area contributed by atoms with Crippen LogP contribution in [0.15, 0.2) is 59.2 Å². The number of hydrogen-bond acceptors (Lipinski definition) is 2. The summed E-state index contributed by atoms with van der Waals surface area (Å²) in [5, 5.41) is 2.38. The molecule has 0 unspecified atom stereocenters. The van der Waals surface area contributed by atoms with Crippen LogP contribution in [-0.4, -0.2) is 0 Å². The van der Waals surface area contributed by atoms with Gasteiger partial charge in [0.15, 0.2) is 0 Å². The van der Waals surface area contributed by atoms with Gasteiger partial charge in [0.2, 0.25) is 0 Å². The molecule has 2 heterocycles. The molecular formula is C16H9OS. The summed E-state index contributed by atoms with van der Waals surface area (Å²) in [6, 6.07) is 19.8. The van der Waals surface area contributed by atoms with Gasteiger partial charge in [-0.1, -0.05) is 30.3 Å². The van der Waals surface area contributed by atoms with Crippen molar-refractivity contribution in [1.82, 2.24) is 0 Å². The maximum atomic E-state index is 5.60. The molecule has 2 aromatic heterocycles. The molecular weight excluding hydrogens is 240 g/mol. The average Bonchev–Trinajstić information content (AvgIpc) is 3.04. The van der Waals surface area contributed by atoms with Gasteiger partial charge >= 0.3 is 0 Å². The van der Waals surface area contributed by atoms with E-state index >= 15 is 0 Å². The highest BCUT2D eigenvalue weighted by atomic mass is 32.1. The quantitative estimate of drug-likeness (QED) is 0.456. The fourth-order valence-corrected chi connectivity index (χ4v) is 3.29. The lowest BCUT2D eigenvalue weighted by molar-refractivity contribution is 0.617. The number of fused-ring (bicyclic) bond motifs is 2. The van der Waals surface area contributed by atoms with Crippen LogP contribution < -0.4 is 0 Å². The van der Waals surface area contributed by atoms with E-state index in [1.54, 1.807) is 17.6 Å². The molecule has 4 rings (SSSR count). The molecule has 0 aliphatic heterocycles. The lowest BCUT2D eigenvalue weighted by atomic mass is 10.1. The van der Waals surface area contributed by atoms with Crippen LogP contribution in [0.4, 0.5) is 0 Å². The van der Waals surface area contributed by atoms with Crippen molar-refractivity contribution in [2.45, 2.75) is 0 Å². The highest BCUT2D eigenvalue weighted by Gasteiger charge is 2.09. The highest BCUT2D eigenvalue weighted by molar-refractivity contribution is 7.22. The van der Waals surface area contributed by atoms with Crippen LogP contribution in [0, 0.1) is 6.07 Å². The van der Waals surface area contributed by atoms with Crippen molar-refractivity contribution in [3.8, 4) is 10.4 Å². The summed E-state index contributed by atoms with van der Waals surface area (Å²) in [5.41, 5.74) is 2.12. The van der Waals surface area contributed by atoms with E-state index in [0.717, 1.165) is 16.5 Å². The predicted octanol–water partition coefficient (Wildman–Crippen LogP) is 5.11. The lowest BCUT2D eigenvalue weighted by Gasteiger charge is -1.97. The average molecular weight is 249 g/mol. The van der Waals surface area contributed by atoms with Gasteiger partial charge in [-0.3, -0.25) is 0 Å². The molecule has 0 bridgehead atoms. The van der Waals surface area contributed by atoms with E-state index in [4.69, 9.17) is 4.42 Å². The van der Waals surface area contributed by atoms with E-state index < -0.39 is 0 Å². The summed E-state index contributed by atoms with van der Waals surface area (Å²) in [6.45, 7) is 0. The fraction of sp³-hybridized carbons (Fsp3) is 0. The largest absolute Gasteiger partial charge is 0.464 e. The first kappa shape index (κ1) is 9.92. The van der Waals surface area contributed by atoms with Crippen LogP contribution in [0.3, 0.4) is 0 Å². The van der Waals surface area contributed by atoms with Crippen molar-refractivity contribution >= 4 is 32.4 Å². The van der Waals surface area contributed by atoms with Gasteiger partial charge in [-0.2, -0.15) is 0 Å². The smallest absolute Gasteiger partial charge is 0.142 e. The Morgan fingerprint density at radius 2 is 1.94 bits per heavy atom. The molecule has 0 aliphatic carbocycles. The van der Waals surface area contributed by atoms with E-state index in [1.807, 2.05) is 18.2 Å². The van der Waals surface area contributed by atoms with Gasteiger partial charge in [0.25, 0.3) is 0 Å². The van der Waals surface area contributed by atoms with Crippen LogP contribution in [0.25, 0.3) is 31.5 Å². The Labute approximate surface area is 108 Å². The van der Waals surface area contributed by atoms with Crippen LogP contribution in [0.2, 0.25) is 0 Å². The second kappa shape index (κ2) is 3.72. The van der Waals surface area contributed by atoms with Gasteiger partial charge in [-0.15, -0.1) is 11.3 Å². The highest BCUT2D eigenvalue weighted by Crippen LogP contribution is 2.37. The van der Waals surface area contributed by atoms with Crippen molar-refractivity contribution in [2.75, 3.05) is 0 Å². The van der Waals surface area contributed by atoms with Crippen molar-refractivity contribution in [3.63, 3.8) is 0 Å². The molecule has 85 valence electrons. The number of furan rings is 1. The van der Waals surface area contributed by atoms with Gasteiger partial charge in [0, 0.05) is 26.6 Å². The molecule has 0 spiro atoms. The minimum absolute atomic E-state index is 0.962. The molecule has 4 aromatic rings. The van der Waals surface area contributed by atoms with E-state index in [1.165, 1.54) is 15.0 Å². The monoisotopic (exact) mass is 249 g/mol. The zero-order chi connectivity index (χ0) is 11.9. The minimum Gasteiger partial charge on any atom is -0.464 e. The van der Waals surface area contributed by atoms with Crippen molar-refractivity contribution in [2.24, 2.45) is 0 Å². The van der Waals surface area contributed by atoms with Crippen LogP contribution in [-0.2, 0) is 0 Å². The van der Waals surface area contributed by atoms with Crippen molar-refractivity contribution in [1.29, 1.82) is 0 Å². The van der Waals surface area contributed by atoms with Crippen LogP contribution in [0.1, 0.15) is 0 Å². The first-order chi connectivity index (χ1) is 8.92. The third-order valence-corrected chi connectivity index (χ3v) is 4.21.